The molecule has 2 aromatic heterocycles. The van der Waals surface area contributed by atoms with Gasteiger partial charge in [-0.2, -0.15) is 0 Å². The molecular weight excluding hydrogens is 408 g/mol. The molecule has 31 heavy (non-hydrogen) atoms. The third-order valence-electron chi connectivity index (χ3n) is 6.41. The first-order valence-corrected chi connectivity index (χ1v) is 11.6. The Labute approximate surface area is 188 Å². The minimum absolute atomic E-state index is 0.0570. The van der Waals surface area contributed by atoms with Crippen LogP contribution in [-0.4, -0.2) is 22.6 Å². The molecule has 6 heteroatoms. The number of halogens is 1. The Kier molecular flexibility index (Phi) is 6.51. The predicted molar refractivity (Wildman–Crippen MR) is 131 cm³/mol. The first-order valence-electron chi connectivity index (χ1n) is 11.3. The highest BCUT2D eigenvalue weighted by atomic mass is 35.5. The third-order valence-corrected chi connectivity index (χ3v) is 6.63. The number of rotatable bonds is 6. The van der Waals surface area contributed by atoms with Crippen molar-refractivity contribution >= 4 is 33.9 Å². The maximum Gasteiger partial charge on any atom is 0.253 e. The van der Waals surface area contributed by atoms with E-state index in [-0.39, 0.29) is 5.56 Å². The van der Waals surface area contributed by atoms with Crippen molar-refractivity contribution in [3.63, 3.8) is 0 Å². The smallest absolute Gasteiger partial charge is 0.253 e. The summed E-state index contributed by atoms with van der Waals surface area (Å²) < 4.78 is 0. The molecule has 1 aliphatic rings. The highest BCUT2D eigenvalue weighted by Crippen LogP contribution is 2.37. The van der Waals surface area contributed by atoms with E-state index >= 15 is 0 Å². The topological polar surface area (TPSA) is 61.0 Å². The maximum absolute atomic E-state index is 12.4. The zero-order valence-corrected chi connectivity index (χ0v) is 19.4. The number of aryl methyl sites for hydroxylation is 2. The lowest BCUT2D eigenvalue weighted by Gasteiger charge is -2.36. The molecule has 0 radical (unpaired) electrons. The molecule has 0 unspecified atom stereocenters. The van der Waals surface area contributed by atoms with Crippen LogP contribution < -0.4 is 15.8 Å². The Morgan fingerprint density at radius 3 is 2.65 bits per heavy atom. The van der Waals surface area contributed by atoms with E-state index in [0.29, 0.717) is 17.6 Å². The molecular formula is C25H31ClN4O. The van der Waals surface area contributed by atoms with Crippen LogP contribution in [0.4, 0.5) is 11.5 Å². The third kappa shape index (κ3) is 4.57. The number of fused-ring (bicyclic) bond motifs is 1. The van der Waals surface area contributed by atoms with Gasteiger partial charge in [0.25, 0.3) is 5.56 Å². The fraction of sp³-hybridized carbons (Fsp3) is 0.440. The molecule has 3 aromatic rings. The first-order chi connectivity index (χ1) is 15.0. The molecule has 2 heterocycles. The van der Waals surface area contributed by atoms with Gasteiger partial charge in [0.2, 0.25) is 0 Å². The van der Waals surface area contributed by atoms with Crippen molar-refractivity contribution in [1.29, 1.82) is 0 Å². The van der Waals surface area contributed by atoms with Gasteiger partial charge >= 0.3 is 0 Å². The number of hydrogen-bond donors (Lipinski definition) is 2. The quantitative estimate of drug-likeness (QED) is 0.498. The van der Waals surface area contributed by atoms with Gasteiger partial charge in [-0.05, 0) is 63.4 Å². The molecule has 1 aromatic carbocycles. The Morgan fingerprint density at radius 2 is 1.94 bits per heavy atom. The number of benzene rings is 1. The van der Waals surface area contributed by atoms with Crippen LogP contribution in [0, 0.1) is 13.8 Å². The normalized spacial score (nSPS) is 14.7. The van der Waals surface area contributed by atoms with Crippen LogP contribution in [0.15, 0.2) is 35.3 Å². The van der Waals surface area contributed by atoms with E-state index in [9.17, 15) is 4.79 Å². The zero-order chi connectivity index (χ0) is 22.0. The average Bonchev–Trinajstić information content (AvgIpc) is 2.74. The van der Waals surface area contributed by atoms with E-state index in [1.807, 2.05) is 32.2 Å². The minimum atomic E-state index is -0.0570. The van der Waals surface area contributed by atoms with Crippen LogP contribution in [0.1, 0.15) is 55.8 Å². The average molecular weight is 439 g/mol. The largest absolute Gasteiger partial charge is 0.368 e. The Morgan fingerprint density at radius 1 is 1.16 bits per heavy atom. The van der Waals surface area contributed by atoms with E-state index < -0.39 is 0 Å². The molecule has 0 atom stereocenters. The van der Waals surface area contributed by atoms with E-state index in [2.05, 4.69) is 39.2 Å². The second-order valence-electron chi connectivity index (χ2n) is 8.55. The Balaban J connectivity index is 1.71. The van der Waals surface area contributed by atoms with Gasteiger partial charge in [0.1, 0.15) is 5.82 Å². The molecule has 0 aliphatic heterocycles. The number of aromatic nitrogens is 2. The van der Waals surface area contributed by atoms with Crippen LogP contribution in [0.25, 0.3) is 10.8 Å². The van der Waals surface area contributed by atoms with Gasteiger partial charge in [0, 0.05) is 58.1 Å². The Bertz CT molecular complexity index is 1130. The molecule has 0 spiro atoms. The minimum Gasteiger partial charge on any atom is -0.368 e. The van der Waals surface area contributed by atoms with Crippen molar-refractivity contribution < 1.29 is 0 Å². The van der Waals surface area contributed by atoms with E-state index in [1.54, 1.807) is 0 Å². The summed E-state index contributed by atoms with van der Waals surface area (Å²) in [5, 5.41) is 6.22. The van der Waals surface area contributed by atoms with Crippen molar-refractivity contribution in [3.05, 3.63) is 62.7 Å². The lowest BCUT2D eigenvalue weighted by Crippen LogP contribution is -2.36. The summed E-state index contributed by atoms with van der Waals surface area (Å²) in [4.78, 5) is 22.4. The van der Waals surface area contributed by atoms with Crippen LogP contribution >= 0.6 is 11.6 Å². The lowest BCUT2D eigenvalue weighted by molar-refractivity contribution is 0.418. The highest BCUT2D eigenvalue weighted by Gasteiger charge is 2.22. The SMILES string of the molecule is CCN(c1cc(Cl)cc2c(NCc3c(C)cc(C)[nH]c3=O)nccc12)C1CCCCC1. The summed E-state index contributed by atoms with van der Waals surface area (Å²) in [6.45, 7) is 7.44. The van der Waals surface area contributed by atoms with Gasteiger partial charge in [-0.15, -0.1) is 0 Å². The molecule has 0 amide bonds. The van der Waals surface area contributed by atoms with E-state index in [4.69, 9.17) is 11.6 Å². The van der Waals surface area contributed by atoms with Crippen LogP contribution in [0.5, 0.6) is 0 Å². The molecule has 4 rings (SSSR count). The fourth-order valence-corrected chi connectivity index (χ4v) is 5.11. The zero-order valence-electron chi connectivity index (χ0n) is 18.6. The molecule has 2 N–H and O–H groups in total. The van der Waals surface area contributed by atoms with Gasteiger partial charge in [-0.3, -0.25) is 4.79 Å². The highest BCUT2D eigenvalue weighted by molar-refractivity contribution is 6.32. The molecule has 1 saturated carbocycles. The van der Waals surface area contributed by atoms with Gasteiger partial charge in [-0.1, -0.05) is 30.9 Å². The van der Waals surface area contributed by atoms with Gasteiger partial charge in [0.15, 0.2) is 0 Å². The molecule has 1 aliphatic carbocycles. The van der Waals surface area contributed by atoms with Gasteiger partial charge in [-0.25, -0.2) is 4.98 Å². The standard InChI is InChI=1S/C25H31ClN4O/c1-4-30(19-8-6-5-7-9-19)23-14-18(26)13-21-20(23)10-11-27-24(21)28-15-22-16(2)12-17(3)29-25(22)31/h10-14,19H,4-9,15H2,1-3H3,(H,27,28)(H,29,31). The number of pyridine rings is 2. The van der Waals surface area contributed by atoms with Crippen LogP contribution in [0.3, 0.4) is 0 Å². The summed E-state index contributed by atoms with van der Waals surface area (Å²) in [6.07, 6.45) is 8.21. The van der Waals surface area contributed by atoms with E-state index in [1.165, 1.54) is 37.8 Å². The molecule has 0 saturated heterocycles. The summed E-state index contributed by atoms with van der Waals surface area (Å²) in [7, 11) is 0. The lowest BCUT2D eigenvalue weighted by atomic mass is 9.93. The van der Waals surface area contributed by atoms with Crippen molar-refractivity contribution in [2.45, 2.75) is 65.5 Å². The van der Waals surface area contributed by atoms with Crippen molar-refractivity contribution in [1.82, 2.24) is 9.97 Å². The monoisotopic (exact) mass is 438 g/mol. The number of H-pyrrole nitrogens is 1. The van der Waals surface area contributed by atoms with E-state index in [0.717, 1.165) is 40.0 Å². The summed E-state index contributed by atoms with van der Waals surface area (Å²) in [5.41, 5.74) is 3.68. The van der Waals surface area contributed by atoms with Gasteiger partial charge < -0.3 is 15.2 Å². The summed E-state index contributed by atoms with van der Waals surface area (Å²) in [6, 6.07) is 8.67. The number of nitrogens with one attached hydrogen (secondary N) is 2. The van der Waals surface area contributed by atoms with Crippen LogP contribution in [0.2, 0.25) is 5.02 Å². The number of aromatic amines is 1. The molecule has 1 fully saturated rings. The second-order valence-corrected chi connectivity index (χ2v) is 8.99. The molecule has 0 bridgehead atoms. The number of anilines is 2. The summed E-state index contributed by atoms with van der Waals surface area (Å²) in [5.74, 6) is 0.750. The molecule has 164 valence electrons. The number of hydrogen-bond acceptors (Lipinski definition) is 4. The van der Waals surface area contributed by atoms with Crippen molar-refractivity contribution in [2.24, 2.45) is 0 Å². The van der Waals surface area contributed by atoms with Crippen molar-refractivity contribution in [2.75, 3.05) is 16.8 Å². The fourth-order valence-electron chi connectivity index (χ4n) is 4.90. The number of nitrogens with zero attached hydrogens (tertiary/aromatic N) is 2. The van der Waals surface area contributed by atoms with Crippen LogP contribution in [-0.2, 0) is 6.54 Å². The summed E-state index contributed by atoms with van der Waals surface area (Å²) >= 11 is 6.58. The Hall–Kier alpha value is -2.53. The second kappa shape index (κ2) is 9.31. The molecule has 5 nitrogen and oxygen atoms in total. The van der Waals surface area contributed by atoms with Crippen molar-refractivity contribution in [3.8, 4) is 0 Å². The predicted octanol–water partition coefficient (Wildman–Crippen LogP) is 5.96. The van der Waals surface area contributed by atoms with Gasteiger partial charge in [0.05, 0.1) is 0 Å². The maximum atomic E-state index is 12.4. The first kappa shape index (κ1) is 21.7.